The molecule has 0 aromatic carbocycles. The van der Waals surface area contributed by atoms with Gasteiger partial charge in [0.15, 0.2) is 0 Å². The van der Waals surface area contributed by atoms with Crippen molar-refractivity contribution in [2.75, 3.05) is 37.0 Å². The van der Waals surface area contributed by atoms with Crippen molar-refractivity contribution in [3.05, 3.63) is 40.7 Å². The quantitative estimate of drug-likeness (QED) is 0.477. The fourth-order valence-electron chi connectivity index (χ4n) is 3.15. The largest absolute Gasteiger partial charge is 0.378 e. The van der Waals surface area contributed by atoms with Crippen LogP contribution < -0.4 is 10.2 Å². The Bertz CT molecular complexity index is 1000. The Morgan fingerprint density at radius 2 is 2.07 bits per heavy atom. The van der Waals surface area contributed by atoms with Crippen LogP contribution in [0.25, 0.3) is 10.2 Å². The normalized spacial score (nSPS) is 14.3. The number of nitrogens with one attached hydrogen (secondary N) is 1. The van der Waals surface area contributed by atoms with Crippen LogP contribution in [0.2, 0.25) is 0 Å². The van der Waals surface area contributed by atoms with Crippen LogP contribution in [0.5, 0.6) is 0 Å². The monoisotopic (exact) mass is 429 g/mol. The standard InChI is InChI=1S/C20H23N5O2S2/c1-13-14(2)29-20-18(13)19(23-12-24-20)28-11-17(26)22-10-15-3-4-16(21-9-15)25-5-7-27-8-6-25/h3-4,9,12H,5-8,10-11H2,1-2H3,(H,22,26). The average molecular weight is 430 g/mol. The molecule has 4 rings (SSSR count). The highest BCUT2D eigenvalue weighted by Crippen LogP contribution is 2.34. The molecule has 7 nitrogen and oxygen atoms in total. The maximum Gasteiger partial charge on any atom is 0.230 e. The number of hydrogen-bond acceptors (Lipinski definition) is 8. The number of thiophene rings is 1. The van der Waals surface area contributed by atoms with Gasteiger partial charge in [-0.1, -0.05) is 17.8 Å². The molecule has 0 unspecified atom stereocenters. The van der Waals surface area contributed by atoms with Crippen molar-refractivity contribution in [2.45, 2.75) is 25.4 Å². The van der Waals surface area contributed by atoms with Crippen LogP contribution >= 0.6 is 23.1 Å². The smallest absolute Gasteiger partial charge is 0.230 e. The molecule has 0 aliphatic carbocycles. The van der Waals surface area contributed by atoms with Gasteiger partial charge in [0.25, 0.3) is 0 Å². The van der Waals surface area contributed by atoms with Crippen molar-refractivity contribution >= 4 is 45.0 Å². The van der Waals surface area contributed by atoms with E-state index < -0.39 is 0 Å². The van der Waals surface area contributed by atoms with Gasteiger partial charge in [-0.2, -0.15) is 0 Å². The number of carbonyl (C=O) groups excluding carboxylic acids is 1. The van der Waals surface area contributed by atoms with Gasteiger partial charge >= 0.3 is 0 Å². The third kappa shape index (κ3) is 4.68. The van der Waals surface area contributed by atoms with Crippen molar-refractivity contribution in [1.82, 2.24) is 20.3 Å². The zero-order chi connectivity index (χ0) is 20.2. The summed E-state index contributed by atoms with van der Waals surface area (Å²) in [5, 5.41) is 4.89. The number of hydrogen-bond donors (Lipinski definition) is 1. The number of pyridine rings is 1. The number of rotatable bonds is 6. The van der Waals surface area contributed by atoms with Gasteiger partial charge in [0, 0.05) is 36.1 Å². The van der Waals surface area contributed by atoms with Crippen LogP contribution in [-0.2, 0) is 16.1 Å². The SMILES string of the molecule is Cc1sc2ncnc(SCC(=O)NCc3ccc(N4CCOCC4)nc3)c2c1C. The molecule has 9 heteroatoms. The van der Waals surface area contributed by atoms with Crippen molar-refractivity contribution in [1.29, 1.82) is 0 Å². The van der Waals surface area contributed by atoms with E-state index in [0.29, 0.717) is 12.3 Å². The van der Waals surface area contributed by atoms with Crippen LogP contribution in [0.4, 0.5) is 5.82 Å². The minimum Gasteiger partial charge on any atom is -0.378 e. The molecule has 1 aliphatic rings. The van der Waals surface area contributed by atoms with E-state index in [4.69, 9.17) is 4.74 Å². The van der Waals surface area contributed by atoms with E-state index in [1.807, 2.05) is 18.3 Å². The second-order valence-electron chi connectivity index (χ2n) is 6.83. The van der Waals surface area contributed by atoms with Crippen molar-refractivity contribution in [2.24, 2.45) is 0 Å². The Labute approximate surface area is 177 Å². The van der Waals surface area contributed by atoms with Crippen molar-refractivity contribution in [3.63, 3.8) is 0 Å². The van der Waals surface area contributed by atoms with E-state index in [1.165, 1.54) is 22.2 Å². The number of aromatic nitrogens is 3. The molecule has 4 heterocycles. The maximum atomic E-state index is 12.3. The highest BCUT2D eigenvalue weighted by Gasteiger charge is 2.14. The zero-order valence-corrected chi connectivity index (χ0v) is 18.1. The fourth-order valence-corrected chi connectivity index (χ4v) is 5.09. The second-order valence-corrected chi connectivity index (χ2v) is 9.00. The average Bonchev–Trinajstić information content (AvgIpc) is 3.06. The number of morpholine rings is 1. The summed E-state index contributed by atoms with van der Waals surface area (Å²) in [6.07, 6.45) is 3.39. The van der Waals surface area contributed by atoms with Crippen LogP contribution in [-0.4, -0.2) is 52.9 Å². The molecule has 0 spiro atoms. The summed E-state index contributed by atoms with van der Waals surface area (Å²) >= 11 is 3.11. The highest BCUT2D eigenvalue weighted by molar-refractivity contribution is 8.00. The number of amides is 1. The molecule has 1 saturated heterocycles. The van der Waals surface area contributed by atoms with Crippen molar-refractivity contribution < 1.29 is 9.53 Å². The highest BCUT2D eigenvalue weighted by atomic mass is 32.2. The number of thioether (sulfide) groups is 1. The summed E-state index contributed by atoms with van der Waals surface area (Å²) in [6.45, 7) is 7.82. The Balaban J connectivity index is 1.30. The summed E-state index contributed by atoms with van der Waals surface area (Å²) in [5.74, 6) is 1.25. The lowest BCUT2D eigenvalue weighted by atomic mass is 10.2. The summed E-state index contributed by atoms with van der Waals surface area (Å²) in [5.41, 5.74) is 2.18. The molecular formula is C20H23N5O2S2. The van der Waals surface area contributed by atoms with E-state index in [9.17, 15) is 4.79 Å². The first-order chi connectivity index (χ1) is 14.1. The molecule has 3 aromatic rings. The van der Waals surface area contributed by atoms with Gasteiger partial charge < -0.3 is 15.0 Å². The Morgan fingerprint density at radius 3 is 2.83 bits per heavy atom. The summed E-state index contributed by atoms with van der Waals surface area (Å²) in [7, 11) is 0. The first kappa shape index (κ1) is 20.1. The molecule has 1 N–H and O–H groups in total. The zero-order valence-electron chi connectivity index (χ0n) is 16.5. The molecule has 0 bridgehead atoms. The molecule has 0 radical (unpaired) electrons. The summed E-state index contributed by atoms with van der Waals surface area (Å²) in [4.78, 5) is 30.0. The summed E-state index contributed by atoms with van der Waals surface area (Å²) in [6, 6.07) is 4.01. The van der Waals surface area contributed by atoms with E-state index >= 15 is 0 Å². The van der Waals surface area contributed by atoms with Gasteiger partial charge in [0.05, 0.1) is 19.0 Å². The van der Waals surface area contributed by atoms with Crippen LogP contribution in [0, 0.1) is 13.8 Å². The minimum atomic E-state index is -0.0244. The lowest BCUT2D eigenvalue weighted by molar-refractivity contribution is -0.118. The number of ether oxygens (including phenoxy) is 1. The molecule has 0 saturated carbocycles. The number of fused-ring (bicyclic) bond motifs is 1. The van der Waals surface area contributed by atoms with Gasteiger partial charge in [0.1, 0.15) is 22.0 Å². The van der Waals surface area contributed by atoms with Gasteiger partial charge in [-0.25, -0.2) is 15.0 Å². The van der Waals surface area contributed by atoms with Gasteiger partial charge in [-0.05, 0) is 31.0 Å². The molecule has 0 atom stereocenters. The predicted molar refractivity (Wildman–Crippen MR) is 117 cm³/mol. The van der Waals surface area contributed by atoms with Crippen LogP contribution in [0.1, 0.15) is 16.0 Å². The fraction of sp³-hybridized carbons (Fsp3) is 0.400. The topological polar surface area (TPSA) is 80.2 Å². The van der Waals surface area contributed by atoms with Crippen molar-refractivity contribution in [3.8, 4) is 0 Å². The van der Waals surface area contributed by atoms with E-state index in [2.05, 4.69) is 39.0 Å². The lowest BCUT2D eigenvalue weighted by Crippen LogP contribution is -2.36. The van der Waals surface area contributed by atoms with Gasteiger partial charge in [-0.15, -0.1) is 11.3 Å². The minimum absolute atomic E-state index is 0.0244. The van der Waals surface area contributed by atoms with Gasteiger partial charge in [0.2, 0.25) is 5.91 Å². The Morgan fingerprint density at radius 1 is 1.24 bits per heavy atom. The third-order valence-electron chi connectivity index (χ3n) is 4.90. The Kier molecular flexibility index (Phi) is 6.27. The number of anilines is 1. The van der Waals surface area contributed by atoms with E-state index in [-0.39, 0.29) is 5.91 Å². The molecule has 1 aliphatic heterocycles. The molecular weight excluding hydrogens is 406 g/mol. The molecule has 29 heavy (non-hydrogen) atoms. The summed E-state index contributed by atoms with van der Waals surface area (Å²) < 4.78 is 5.37. The number of carbonyl (C=O) groups is 1. The molecule has 1 amide bonds. The Hall–Kier alpha value is -2.23. The lowest BCUT2D eigenvalue weighted by Gasteiger charge is -2.27. The second kappa shape index (κ2) is 9.06. The maximum absolute atomic E-state index is 12.3. The van der Waals surface area contributed by atoms with Crippen LogP contribution in [0.15, 0.2) is 29.7 Å². The molecule has 152 valence electrons. The first-order valence-electron chi connectivity index (χ1n) is 9.49. The van der Waals surface area contributed by atoms with E-state index in [1.54, 1.807) is 17.7 Å². The van der Waals surface area contributed by atoms with Crippen LogP contribution in [0.3, 0.4) is 0 Å². The first-order valence-corrected chi connectivity index (χ1v) is 11.3. The number of nitrogens with zero attached hydrogens (tertiary/aromatic N) is 4. The molecule has 1 fully saturated rings. The molecule has 3 aromatic heterocycles. The third-order valence-corrected chi connectivity index (χ3v) is 7.01. The predicted octanol–water partition coefficient (Wildman–Crippen LogP) is 2.95. The number of aryl methyl sites for hydroxylation is 2. The van der Waals surface area contributed by atoms with E-state index in [0.717, 1.165) is 52.9 Å². The van der Waals surface area contributed by atoms with Gasteiger partial charge in [-0.3, -0.25) is 4.79 Å².